The molecular formula is C18H20OSi. The molecule has 3 rings (SSSR count). The Labute approximate surface area is 121 Å². The molecular weight excluding hydrogens is 260 g/mol. The second-order valence-corrected chi connectivity index (χ2v) is 10.1. The SMILES string of the molecule is O=CC1CC[Si](c2ccccc2)(c2ccccc2)CC1. The summed E-state index contributed by atoms with van der Waals surface area (Å²) in [5.41, 5.74) is 0. The highest BCUT2D eigenvalue weighted by Crippen LogP contribution is 2.31. The normalized spacial score (nSPS) is 18.6. The van der Waals surface area contributed by atoms with Crippen LogP contribution >= 0.6 is 0 Å². The van der Waals surface area contributed by atoms with Crippen molar-refractivity contribution in [2.24, 2.45) is 5.92 Å². The Hall–Kier alpha value is -1.67. The van der Waals surface area contributed by atoms with Crippen molar-refractivity contribution in [1.82, 2.24) is 0 Å². The molecule has 0 unspecified atom stereocenters. The number of benzene rings is 2. The molecule has 0 aliphatic carbocycles. The molecule has 1 aliphatic heterocycles. The van der Waals surface area contributed by atoms with Gasteiger partial charge in [-0.15, -0.1) is 0 Å². The third kappa shape index (κ3) is 2.36. The molecule has 2 heteroatoms. The molecule has 0 aromatic heterocycles. The zero-order valence-corrected chi connectivity index (χ0v) is 12.7. The molecule has 20 heavy (non-hydrogen) atoms. The van der Waals surface area contributed by atoms with Crippen molar-refractivity contribution in [2.45, 2.75) is 24.9 Å². The second-order valence-electron chi connectivity index (χ2n) is 5.79. The van der Waals surface area contributed by atoms with Gasteiger partial charge in [-0.25, -0.2) is 0 Å². The van der Waals surface area contributed by atoms with Gasteiger partial charge < -0.3 is 4.79 Å². The van der Waals surface area contributed by atoms with Crippen molar-refractivity contribution < 1.29 is 4.79 Å². The standard InChI is InChI=1S/C18H20OSi/c19-15-16-11-13-20(14-12-16,17-7-3-1-4-8-17)18-9-5-2-6-10-18/h1-10,15-16H,11-14H2. The fourth-order valence-electron chi connectivity index (χ4n) is 3.53. The molecule has 1 aliphatic rings. The van der Waals surface area contributed by atoms with Crippen LogP contribution in [0.5, 0.6) is 0 Å². The summed E-state index contributed by atoms with van der Waals surface area (Å²) in [6.07, 6.45) is 3.27. The van der Waals surface area contributed by atoms with Crippen molar-refractivity contribution in [3.8, 4) is 0 Å². The van der Waals surface area contributed by atoms with Crippen molar-refractivity contribution in [3.05, 3.63) is 60.7 Å². The second kappa shape index (κ2) is 5.76. The number of carbonyl (C=O) groups is 1. The smallest absolute Gasteiger partial charge is 0.123 e. The molecule has 0 amide bonds. The van der Waals surface area contributed by atoms with Gasteiger partial charge in [-0.2, -0.15) is 0 Å². The summed E-state index contributed by atoms with van der Waals surface area (Å²) in [7, 11) is -1.65. The van der Waals surface area contributed by atoms with Gasteiger partial charge in [-0.1, -0.05) is 71.0 Å². The number of hydrogen-bond acceptors (Lipinski definition) is 1. The lowest BCUT2D eigenvalue weighted by Gasteiger charge is -2.38. The fourth-order valence-corrected chi connectivity index (χ4v) is 8.65. The van der Waals surface area contributed by atoms with Crippen LogP contribution in [0.1, 0.15) is 12.8 Å². The van der Waals surface area contributed by atoms with Gasteiger partial charge in [0.15, 0.2) is 0 Å². The first-order chi connectivity index (χ1) is 9.85. The Morgan fingerprint density at radius 2 is 1.25 bits per heavy atom. The quantitative estimate of drug-likeness (QED) is 0.624. The largest absolute Gasteiger partial charge is 0.303 e. The van der Waals surface area contributed by atoms with E-state index in [1.54, 1.807) is 0 Å². The number of hydrogen-bond donors (Lipinski definition) is 0. The van der Waals surface area contributed by atoms with E-state index in [0.717, 1.165) is 19.1 Å². The van der Waals surface area contributed by atoms with Crippen molar-refractivity contribution >= 4 is 24.7 Å². The van der Waals surface area contributed by atoms with Crippen LogP contribution in [0.3, 0.4) is 0 Å². The van der Waals surface area contributed by atoms with Crippen molar-refractivity contribution in [3.63, 3.8) is 0 Å². The van der Waals surface area contributed by atoms with E-state index in [1.807, 2.05) is 0 Å². The molecule has 102 valence electrons. The molecule has 0 N–H and O–H groups in total. The van der Waals surface area contributed by atoms with E-state index in [-0.39, 0.29) is 5.92 Å². The zero-order chi connectivity index (χ0) is 13.8. The van der Waals surface area contributed by atoms with Crippen LogP contribution in [0.2, 0.25) is 12.1 Å². The van der Waals surface area contributed by atoms with E-state index < -0.39 is 8.07 Å². The van der Waals surface area contributed by atoms with Crippen LogP contribution in [0.15, 0.2) is 60.7 Å². The summed E-state index contributed by atoms with van der Waals surface area (Å²) in [6.45, 7) is 0. The summed E-state index contributed by atoms with van der Waals surface area (Å²) >= 11 is 0. The van der Waals surface area contributed by atoms with Crippen LogP contribution in [0.25, 0.3) is 0 Å². The molecule has 2 aromatic rings. The number of rotatable bonds is 3. The lowest BCUT2D eigenvalue weighted by atomic mass is 10.1. The molecule has 0 atom stereocenters. The maximum absolute atomic E-state index is 11.1. The first-order valence-electron chi connectivity index (χ1n) is 7.41. The van der Waals surface area contributed by atoms with Gasteiger partial charge in [0.25, 0.3) is 0 Å². The number of carbonyl (C=O) groups excluding carboxylic acids is 1. The Morgan fingerprint density at radius 3 is 1.65 bits per heavy atom. The fraction of sp³-hybridized carbons (Fsp3) is 0.278. The van der Waals surface area contributed by atoms with E-state index in [0.29, 0.717) is 0 Å². The van der Waals surface area contributed by atoms with Gasteiger partial charge in [0.05, 0.1) is 0 Å². The topological polar surface area (TPSA) is 17.1 Å². The molecule has 1 heterocycles. The maximum Gasteiger partial charge on any atom is 0.123 e. The molecule has 0 bridgehead atoms. The van der Waals surface area contributed by atoms with Crippen LogP contribution in [-0.2, 0) is 4.79 Å². The van der Waals surface area contributed by atoms with E-state index in [1.165, 1.54) is 22.5 Å². The lowest BCUT2D eigenvalue weighted by Crippen LogP contribution is -2.59. The van der Waals surface area contributed by atoms with Gasteiger partial charge in [0.2, 0.25) is 0 Å². The maximum atomic E-state index is 11.1. The van der Waals surface area contributed by atoms with Crippen LogP contribution in [-0.4, -0.2) is 14.4 Å². The molecule has 0 radical (unpaired) electrons. The third-order valence-corrected chi connectivity index (χ3v) is 9.89. The van der Waals surface area contributed by atoms with Crippen LogP contribution in [0, 0.1) is 5.92 Å². The summed E-state index contributed by atoms with van der Waals surface area (Å²) < 4.78 is 0. The van der Waals surface area contributed by atoms with Gasteiger partial charge >= 0.3 is 0 Å². The Morgan fingerprint density at radius 1 is 0.800 bits per heavy atom. The molecule has 1 saturated heterocycles. The minimum atomic E-state index is -1.65. The zero-order valence-electron chi connectivity index (χ0n) is 11.7. The predicted octanol–water partition coefficient (Wildman–Crippen LogP) is 2.86. The van der Waals surface area contributed by atoms with Crippen molar-refractivity contribution in [2.75, 3.05) is 0 Å². The monoisotopic (exact) mass is 280 g/mol. The van der Waals surface area contributed by atoms with E-state index in [9.17, 15) is 4.79 Å². The Kier molecular flexibility index (Phi) is 3.83. The lowest BCUT2D eigenvalue weighted by molar-refractivity contribution is -0.111. The summed E-state index contributed by atoms with van der Waals surface area (Å²) in [4.78, 5) is 11.1. The minimum absolute atomic E-state index is 0.281. The predicted molar refractivity (Wildman–Crippen MR) is 86.3 cm³/mol. The van der Waals surface area contributed by atoms with E-state index in [4.69, 9.17) is 0 Å². The van der Waals surface area contributed by atoms with Gasteiger partial charge in [0, 0.05) is 5.92 Å². The summed E-state index contributed by atoms with van der Waals surface area (Å²) in [5.74, 6) is 0.281. The molecule has 0 saturated carbocycles. The van der Waals surface area contributed by atoms with Crippen LogP contribution in [0.4, 0.5) is 0 Å². The highest BCUT2D eigenvalue weighted by Gasteiger charge is 2.40. The highest BCUT2D eigenvalue weighted by atomic mass is 28.3. The molecule has 1 fully saturated rings. The first-order valence-corrected chi connectivity index (χ1v) is 9.83. The first kappa shape index (κ1) is 13.3. The Bertz CT molecular complexity index is 515. The van der Waals surface area contributed by atoms with Gasteiger partial charge in [0.1, 0.15) is 14.4 Å². The highest BCUT2D eigenvalue weighted by molar-refractivity contribution is 7.02. The van der Waals surface area contributed by atoms with Crippen molar-refractivity contribution in [1.29, 1.82) is 0 Å². The van der Waals surface area contributed by atoms with Crippen LogP contribution < -0.4 is 10.4 Å². The van der Waals surface area contributed by atoms with E-state index >= 15 is 0 Å². The van der Waals surface area contributed by atoms with Gasteiger partial charge in [-0.3, -0.25) is 0 Å². The molecule has 2 aromatic carbocycles. The molecule has 0 spiro atoms. The summed E-state index contributed by atoms with van der Waals surface area (Å²) in [5, 5.41) is 3.05. The average molecular weight is 280 g/mol. The number of aldehydes is 1. The molecule has 1 nitrogen and oxygen atoms in total. The average Bonchev–Trinajstić information content (AvgIpc) is 2.56. The summed E-state index contributed by atoms with van der Waals surface area (Å²) in [6, 6.07) is 24.4. The minimum Gasteiger partial charge on any atom is -0.303 e. The van der Waals surface area contributed by atoms with Gasteiger partial charge in [-0.05, 0) is 24.9 Å². The van der Waals surface area contributed by atoms with E-state index in [2.05, 4.69) is 60.7 Å². The Balaban J connectivity index is 2.03. The third-order valence-electron chi connectivity index (χ3n) is 4.73.